The fourth-order valence-electron chi connectivity index (χ4n) is 2.25. The number of furan rings is 1. The molecule has 1 saturated heterocycles. The first kappa shape index (κ1) is 12.7. The second kappa shape index (κ2) is 5.71. The molecule has 0 saturated carbocycles. The quantitative estimate of drug-likeness (QED) is 0.803. The molecule has 1 aromatic rings. The van der Waals surface area contributed by atoms with Crippen LogP contribution >= 0.6 is 15.9 Å². The van der Waals surface area contributed by atoms with Gasteiger partial charge in [0.1, 0.15) is 5.76 Å². The van der Waals surface area contributed by atoms with Gasteiger partial charge in [0.2, 0.25) is 0 Å². The van der Waals surface area contributed by atoms with E-state index in [-0.39, 0.29) is 5.91 Å². The van der Waals surface area contributed by atoms with Gasteiger partial charge in [-0.3, -0.25) is 4.79 Å². The van der Waals surface area contributed by atoms with Crippen molar-refractivity contribution in [3.8, 4) is 0 Å². The molecule has 0 bridgehead atoms. The summed E-state index contributed by atoms with van der Waals surface area (Å²) in [4.78, 5) is 14.3. The van der Waals surface area contributed by atoms with E-state index >= 15 is 0 Å². The van der Waals surface area contributed by atoms with Crippen molar-refractivity contribution in [3.63, 3.8) is 0 Å². The van der Waals surface area contributed by atoms with Crippen LogP contribution in [0.15, 0.2) is 16.5 Å². The SMILES string of the molecule is CCc1ccc(C(=O)N2CCCCC2CBr)o1. The van der Waals surface area contributed by atoms with Crippen LogP contribution in [0.3, 0.4) is 0 Å². The average Bonchev–Trinajstić information content (AvgIpc) is 2.86. The molecule has 94 valence electrons. The molecule has 3 nitrogen and oxygen atoms in total. The monoisotopic (exact) mass is 299 g/mol. The summed E-state index contributed by atoms with van der Waals surface area (Å²) in [5.74, 6) is 1.39. The third kappa shape index (κ3) is 2.73. The van der Waals surface area contributed by atoms with Crippen molar-refractivity contribution in [1.29, 1.82) is 0 Å². The second-order valence-electron chi connectivity index (χ2n) is 4.42. The standard InChI is InChI=1S/C13H18BrNO2/c1-2-11-6-7-12(17-11)13(16)15-8-4-3-5-10(15)9-14/h6-7,10H,2-5,8-9H2,1H3. The molecule has 1 amide bonds. The topological polar surface area (TPSA) is 33.5 Å². The molecule has 4 heteroatoms. The van der Waals surface area contributed by atoms with Crippen molar-refractivity contribution < 1.29 is 9.21 Å². The molecular formula is C13H18BrNO2. The van der Waals surface area contributed by atoms with Crippen molar-refractivity contribution >= 4 is 21.8 Å². The number of amides is 1. The molecule has 1 unspecified atom stereocenters. The summed E-state index contributed by atoms with van der Waals surface area (Å²) in [5, 5.41) is 0.847. The van der Waals surface area contributed by atoms with Gasteiger partial charge >= 0.3 is 0 Å². The van der Waals surface area contributed by atoms with Crippen LogP contribution in [0.5, 0.6) is 0 Å². The van der Waals surface area contributed by atoms with Crippen molar-refractivity contribution in [2.75, 3.05) is 11.9 Å². The normalized spacial score (nSPS) is 20.6. The smallest absolute Gasteiger partial charge is 0.289 e. The highest BCUT2D eigenvalue weighted by Gasteiger charge is 2.28. The molecule has 1 fully saturated rings. The first-order chi connectivity index (χ1) is 8.26. The Kier molecular flexibility index (Phi) is 4.26. The van der Waals surface area contributed by atoms with E-state index in [4.69, 9.17) is 4.42 Å². The number of carbonyl (C=O) groups excluding carboxylic acids is 1. The molecule has 17 heavy (non-hydrogen) atoms. The predicted molar refractivity (Wildman–Crippen MR) is 70.6 cm³/mol. The van der Waals surface area contributed by atoms with E-state index in [9.17, 15) is 4.79 Å². The minimum Gasteiger partial charge on any atom is -0.456 e. The first-order valence-electron chi connectivity index (χ1n) is 6.22. The first-order valence-corrected chi connectivity index (χ1v) is 7.34. The highest BCUT2D eigenvalue weighted by atomic mass is 79.9. The van der Waals surface area contributed by atoms with Crippen LogP contribution in [0, 0.1) is 0 Å². The van der Waals surface area contributed by atoms with Crippen LogP contribution in [0.4, 0.5) is 0 Å². The molecule has 1 aliphatic heterocycles. The van der Waals surface area contributed by atoms with Gasteiger partial charge in [-0.15, -0.1) is 0 Å². The van der Waals surface area contributed by atoms with Crippen molar-refractivity contribution in [1.82, 2.24) is 4.90 Å². The lowest BCUT2D eigenvalue weighted by Crippen LogP contribution is -2.44. The van der Waals surface area contributed by atoms with E-state index in [1.54, 1.807) is 6.07 Å². The largest absolute Gasteiger partial charge is 0.456 e. The molecule has 0 aromatic carbocycles. The fraction of sp³-hybridized carbons (Fsp3) is 0.615. The Bertz CT molecular complexity index is 389. The number of alkyl halides is 1. The van der Waals surface area contributed by atoms with E-state index in [2.05, 4.69) is 15.9 Å². The number of piperidine rings is 1. The molecule has 1 aliphatic rings. The van der Waals surface area contributed by atoms with Gasteiger partial charge in [0.25, 0.3) is 5.91 Å². The van der Waals surface area contributed by atoms with Gasteiger partial charge < -0.3 is 9.32 Å². The van der Waals surface area contributed by atoms with E-state index in [0.29, 0.717) is 11.8 Å². The van der Waals surface area contributed by atoms with Gasteiger partial charge in [-0.25, -0.2) is 0 Å². The molecule has 0 radical (unpaired) electrons. The van der Waals surface area contributed by atoms with Crippen LogP contribution < -0.4 is 0 Å². The van der Waals surface area contributed by atoms with Gasteiger partial charge in [-0.1, -0.05) is 22.9 Å². The molecular weight excluding hydrogens is 282 g/mol. The maximum atomic E-state index is 12.3. The Hall–Kier alpha value is -0.770. The summed E-state index contributed by atoms with van der Waals surface area (Å²) in [7, 11) is 0. The third-order valence-corrected chi connectivity index (χ3v) is 4.03. The zero-order valence-electron chi connectivity index (χ0n) is 10.1. The molecule has 1 atom stereocenters. The van der Waals surface area contributed by atoms with Crippen LogP contribution in [0.2, 0.25) is 0 Å². The molecule has 0 aliphatic carbocycles. The number of rotatable bonds is 3. The third-order valence-electron chi connectivity index (χ3n) is 3.29. The van der Waals surface area contributed by atoms with E-state index in [1.807, 2.05) is 17.9 Å². The van der Waals surface area contributed by atoms with Gasteiger partial charge in [0, 0.05) is 24.3 Å². The summed E-state index contributed by atoms with van der Waals surface area (Å²) in [6.45, 7) is 2.87. The number of likely N-dealkylation sites (tertiary alicyclic amines) is 1. The molecule has 2 rings (SSSR count). The lowest BCUT2D eigenvalue weighted by Gasteiger charge is -2.34. The molecule has 2 heterocycles. The van der Waals surface area contributed by atoms with Crippen LogP contribution in [-0.4, -0.2) is 28.7 Å². The molecule has 0 N–H and O–H groups in total. The highest BCUT2D eigenvalue weighted by molar-refractivity contribution is 9.09. The Morgan fingerprint density at radius 1 is 1.53 bits per heavy atom. The van der Waals surface area contributed by atoms with Crippen LogP contribution in [0.25, 0.3) is 0 Å². The maximum absolute atomic E-state index is 12.3. The Labute approximate surface area is 110 Å². The minimum atomic E-state index is 0.0360. The predicted octanol–water partition coefficient (Wildman–Crippen LogP) is 3.23. The lowest BCUT2D eigenvalue weighted by molar-refractivity contribution is 0.0607. The van der Waals surface area contributed by atoms with Crippen LogP contribution in [0.1, 0.15) is 42.5 Å². The Morgan fingerprint density at radius 3 is 3.00 bits per heavy atom. The van der Waals surface area contributed by atoms with Gasteiger partial charge in [-0.2, -0.15) is 0 Å². The van der Waals surface area contributed by atoms with Gasteiger partial charge in [0.05, 0.1) is 0 Å². The van der Waals surface area contributed by atoms with Crippen molar-refractivity contribution in [2.24, 2.45) is 0 Å². The maximum Gasteiger partial charge on any atom is 0.289 e. The molecule has 1 aromatic heterocycles. The van der Waals surface area contributed by atoms with Gasteiger partial charge in [0.15, 0.2) is 5.76 Å². The average molecular weight is 300 g/mol. The zero-order valence-corrected chi connectivity index (χ0v) is 11.7. The zero-order chi connectivity index (χ0) is 12.3. The second-order valence-corrected chi connectivity index (χ2v) is 5.07. The minimum absolute atomic E-state index is 0.0360. The highest BCUT2D eigenvalue weighted by Crippen LogP contribution is 2.22. The van der Waals surface area contributed by atoms with E-state index in [0.717, 1.165) is 36.9 Å². The van der Waals surface area contributed by atoms with Crippen molar-refractivity contribution in [2.45, 2.75) is 38.6 Å². The van der Waals surface area contributed by atoms with E-state index in [1.165, 1.54) is 6.42 Å². The Balaban J connectivity index is 2.12. The number of carbonyl (C=O) groups is 1. The Morgan fingerprint density at radius 2 is 2.35 bits per heavy atom. The summed E-state index contributed by atoms with van der Waals surface area (Å²) in [6, 6.07) is 3.99. The number of hydrogen-bond acceptors (Lipinski definition) is 2. The summed E-state index contributed by atoms with van der Waals surface area (Å²) >= 11 is 3.49. The number of aryl methyl sites for hydroxylation is 1. The lowest BCUT2D eigenvalue weighted by atomic mass is 10.0. The summed E-state index contributed by atoms with van der Waals surface area (Å²) in [6.07, 6.45) is 4.21. The van der Waals surface area contributed by atoms with E-state index < -0.39 is 0 Å². The molecule has 0 spiro atoms. The number of halogens is 1. The van der Waals surface area contributed by atoms with Crippen molar-refractivity contribution in [3.05, 3.63) is 23.7 Å². The van der Waals surface area contributed by atoms with Gasteiger partial charge in [-0.05, 0) is 31.4 Å². The number of hydrogen-bond donors (Lipinski definition) is 0. The van der Waals surface area contributed by atoms with Crippen LogP contribution in [-0.2, 0) is 6.42 Å². The summed E-state index contributed by atoms with van der Waals surface area (Å²) < 4.78 is 5.53. The summed E-state index contributed by atoms with van der Waals surface area (Å²) in [5.41, 5.74) is 0. The number of nitrogens with zero attached hydrogens (tertiary/aromatic N) is 1. The fourth-order valence-corrected chi connectivity index (χ4v) is 2.93.